The summed E-state index contributed by atoms with van der Waals surface area (Å²) in [5, 5.41) is 7.00. The van der Waals surface area contributed by atoms with Gasteiger partial charge in [0.1, 0.15) is 5.75 Å². The number of nitrogens with one attached hydrogen (secondary N) is 2. The molecule has 0 unspecified atom stereocenters. The molecule has 3 nitrogen and oxygen atoms in total. The molecule has 0 aromatic heterocycles. The third kappa shape index (κ3) is 3.95. The van der Waals surface area contributed by atoms with E-state index in [1.807, 2.05) is 0 Å². The Labute approximate surface area is 116 Å². The Hall–Kier alpha value is -1.06. The molecule has 106 valence electrons. The average Bonchev–Trinajstić information content (AvgIpc) is 2.39. The summed E-state index contributed by atoms with van der Waals surface area (Å²) in [5.41, 5.74) is 3.80. The first kappa shape index (κ1) is 14.4. The van der Waals surface area contributed by atoms with E-state index in [9.17, 15) is 0 Å². The molecule has 2 N–H and O–H groups in total. The lowest BCUT2D eigenvalue weighted by Crippen LogP contribution is -2.33. The highest BCUT2D eigenvalue weighted by Crippen LogP contribution is 2.25. The van der Waals surface area contributed by atoms with Crippen molar-refractivity contribution in [3.05, 3.63) is 28.8 Å². The zero-order valence-corrected chi connectivity index (χ0v) is 12.4. The first-order valence-corrected chi connectivity index (χ1v) is 7.26. The van der Waals surface area contributed by atoms with Gasteiger partial charge in [0.2, 0.25) is 0 Å². The topological polar surface area (TPSA) is 33.3 Å². The SMILES string of the molecule is COc1c(C)cc(C)cc1CNCC1CCNCC1. The maximum atomic E-state index is 5.52. The molecular weight excluding hydrogens is 236 g/mol. The van der Waals surface area contributed by atoms with E-state index in [0.29, 0.717) is 0 Å². The van der Waals surface area contributed by atoms with Crippen molar-refractivity contribution in [1.82, 2.24) is 10.6 Å². The molecule has 0 bridgehead atoms. The monoisotopic (exact) mass is 262 g/mol. The molecular formula is C16H26N2O. The summed E-state index contributed by atoms with van der Waals surface area (Å²) in [6.07, 6.45) is 2.58. The second kappa shape index (κ2) is 6.92. The fourth-order valence-electron chi connectivity index (χ4n) is 2.96. The van der Waals surface area contributed by atoms with Gasteiger partial charge < -0.3 is 15.4 Å². The van der Waals surface area contributed by atoms with Crippen molar-refractivity contribution in [1.29, 1.82) is 0 Å². The van der Waals surface area contributed by atoms with Crippen molar-refractivity contribution >= 4 is 0 Å². The van der Waals surface area contributed by atoms with Crippen LogP contribution < -0.4 is 15.4 Å². The van der Waals surface area contributed by atoms with Gasteiger partial charge in [0.05, 0.1) is 7.11 Å². The normalized spacial score (nSPS) is 16.6. The van der Waals surface area contributed by atoms with Crippen LogP contribution in [0, 0.1) is 19.8 Å². The molecule has 1 aromatic carbocycles. The molecule has 1 aliphatic heterocycles. The highest BCUT2D eigenvalue weighted by Gasteiger charge is 2.13. The van der Waals surface area contributed by atoms with E-state index in [0.717, 1.165) is 24.8 Å². The van der Waals surface area contributed by atoms with Crippen molar-refractivity contribution in [2.24, 2.45) is 5.92 Å². The van der Waals surface area contributed by atoms with Gasteiger partial charge in [0.15, 0.2) is 0 Å². The predicted octanol–water partition coefficient (Wildman–Crippen LogP) is 2.40. The van der Waals surface area contributed by atoms with E-state index in [-0.39, 0.29) is 0 Å². The van der Waals surface area contributed by atoms with Gasteiger partial charge in [-0.1, -0.05) is 17.7 Å². The van der Waals surface area contributed by atoms with Crippen LogP contribution >= 0.6 is 0 Å². The Balaban J connectivity index is 1.91. The Morgan fingerprint density at radius 2 is 2.00 bits per heavy atom. The van der Waals surface area contributed by atoms with Crippen molar-refractivity contribution in [2.45, 2.75) is 33.2 Å². The number of benzene rings is 1. The molecule has 0 aliphatic carbocycles. The van der Waals surface area contributed by atoms with Crippen LogP contribution in [0.2, 0.25) is 0 Å². The van der Waals surface area contributed by atoms with Gasteiger partial charge in [0, 0.05) is 12.1 Å². The summed E-state index contributed by atoms with van der Waals surface area (Å²) in [5.74, 6) is 1.85. The Kier molecular flexibility index (Phi) is 5.23. The molecule has 0 radical (unpaired) electrons. The summed E-state index contributed by atoms with van der Waals surface area (Å²) < 4.78 is 5.52. The lowest BCUT2D eigenvalue weighted by molar-refractivity contribution is 0.354. The smallest absolute Gasteiger partial charge is 0.126 e. The van der Waals surface area contributed by atoms with Crippen LogP contribution in [0.4, 0.5) is 0 Å². The van der Waals surface area contributed by atoms with Gasteiger partial charge in [-0.2, -0.15) is 0 Å². The molecule has 2 rings (SSSR count). The molecule has 0 atom stereocenters. The second-order valence-electron chi connectivity index (χ2n) is 5.60. The molecule has 3 heteroatoms. The van der Waals surface area contributed by atoms with E-state index in [2.05, 4.69) is 36.6 Å². The van der Waals surface area contributed by atoms with Gasteiger partial charge in [0.25, 0.3) is 0 Å². The van der Waals surface area contributed by atoms with Gasteiger partial charge in [-0.3, -0.25) is 0 Å². The number of piperidine rings is 1. The van der Waals surface area contributed by atoms with E-state index in [1.165, 1.54) is 42.6 Å². The van der Waals surface area contributed by atoms with Gasteiger partial charge in [-0.05, 0) is 57.8 Å². The molecule has 0 saturated carbocycles. The van der Waals surface area contributed by atoms with E-state index in [1.54, 1.807) is 7.11 Å². The summed E-state index contributed by atoms with van der Waals surface area (Å²) in [4.78, 5) is 0. The highest BCUT2D eigenvalue weighted by molar-refractivity contribution is 5.43. The first-order chi connectivity index (χ1) is 9.20. The molecule has 1 fully saturated rings. The minimum Gasteiger partial charge on any atom is -0.496 e. The van der Waals surface area contributed by atoms with Crippen LogP contribution in [0.25, 0.3) is 0 Å². The first-order valence-electron chi connectivity index (χ1n) is 7.26. The number of methoxy groups -OCH3 is 1. The maximum Gasteiger partial charge on any atom is 0.126 e. The molecule has 0 amide bonds. The Morgan fingerprint density at radius 3 is 2.68 bits per heavy atom. The highest BCUT2D eigenvalue weighted by atomic mass is 16.5. The number of ether oxygens (including phenoxy) is 1. The molecule has 0 spiro atoms. The Bertz CT molecular complexity index is 411. The van der Waals surface area contributed by atoms with Crippen molar-refractivity contribution in [3.63, 3.8) is 0 Å². The van der Waals surface area contributed by atoms with Crippen LogP contribution in [0.3, 0.4) is 0 Å². The molecule has 19 heavy (non-hydrogen) atoms. The molecule has 1 heterocycles. The fourth-order valence-corrected chi connectivity index (χ4v) is 2.96. The van der Waals surface area contributed by atoms with Crippen LogP contribution in [0.1, 0.15) is 29.5 Å². The lowest BCUT2D eigenvalue weighted by atomic mass is 9.98. The van der Waals surface area contributed by atoms with Crippen LogP contribution in [-0.2, 0) is 6.54 Å². The molecule has 1 aliphatic rings. The van der Waals surface area contributed by atoms with E-state index in [4.69, 9.17) is 4.74 Å². The predicted molar refractivity (Wildman–Crippen MR) is 79.8 cm³/mol. The number of aryl methyl sites for hydroxylation is 2. The van der Waals surface area contributed by atoms with Gasteiger partial charge in [-0.25, -0.2) is 0 Å². The second-order valence-corrected chi connectivity index (χ2v) is 5.60. The minimum absolute atomic E-state index is 0.818. The summed E-state index contributed by atoms with van der Waals surface area (Å²) in [6, 6.07) is 4.40. The minimum atomic E-state index is 0.818. The van der Waals surface area contributed by atoms with Crippen LogP contribution in [0.15, 0.2) is 12.1 Å². The maximum absolute atomic E-state index is 5.52. The molecule has 1 aromatic rings. The fraction of sp³-hybridized carbons (Fsp3) is 0.625. The van der Waals surface area contributed by atoms with E-state index >= 15 is 0 Å². The third-order valence-corrected chi connectivity index (χ3v) is 3.91. The Morgan fingerprint density at radius 1 is 1.26 bits per heavy atom. The lowest BCUT2D eigenvalue weighted by Gasteiger charge is -2.23. The van der Waals surface area contributed by atoms with Gasteiger partial charge in [-0.15, -0.1) is 0 Å². The van der Waals surface area contributed by atoms with Gasteiger partial charge >= 0.3 is 0 Å². The molecule has 1 saturated heterocycles. The van der Waals surface area contributed by atoms with Crippen LogP contribution in [0.5, 0.6) is 5.75 Å². The summed E-state index contributed by atoms with van der Waals surface area (Å²) >= 11 is 0. The summed E-state index contributed by atoms with van der Waals surface area (Å²) in [6.45, 7) is 8.59. The van der Waals surface area contributed by atoms with E-state index < -0.39 is 0 Å². The van der Waals surface area contributed by atoms with Crippen LogP contribution in [-0.4, -0.2) is 26.7 Å². The zero-order valence-electron chi connectivity index (χ0n) is 12.4. The standard InChI is InChI=1S/C16H26N2O/c1-12-8-13(2)16(19-3)15(9-12)11-18-10-14-4-6-17-7-5-14/h8-9,14,17-18H,4-7,10-11H2,1-3H3. The number of rotatable bonds is 5. The van der Waals surface area contributed by atoms with Crippen molar-refractivity contribution in [3.8, 4) is 5.75 Å². The average molecular weight is 262 g/mol. The largest absolute Gasteiger partial charge is 0.496 e. The zero-order chi connectivity index (χ0) is 13.7. The van der Waals surface area contributed by atoms with Crippen molar-refractivity contribution < 1.29 is 4.74 Å². The number of hydrogen-bond acceptors (Lipinski definition) is 3. The van der Waals surface area contributed by atoms with Crippen molar-refractivity contribution in [2.75, 3.05) is 26.7 Å². The number of hydrogen-bond donors (Lipinski definition) is 2. The third-order valence-electron chi connectivity index (χ3n) is 3.91. The quantitative estimate of drug-likeness (QED) is 0.855. The summed E-state index contributed by atoms with van der Waals surface area (Å²) in [7, 11) is 1.76.